The van der Waals surface area contributed by atoms with Gasteiger partial charge in [0, 0.05) is 34.4 Å². The van der Waals surface area contributed by atoms with E-state index in [0.29, 0.717) is 35.3 Å². The smallest absolute Gasteiger partial charge is 0.256 e. The van der Waals surface area contributed by atoms with Crippen molar-refractivity contribution in [2.75, 3.05) is 19.1 Å². The van der Waals surface area contributed by atoms with Crippen LogP contribution in [0.1, 0.15) is 52.4 Å². The molecular formula is C29H35FN6O3. The van der Waals surface area contributed by atoms with Gasteiger partial charge in [0.2, 0.25) is 5.95 Å². The van der Waals surface area contributed by atoms with E-state index in [1.165, 1.54) is 7.11 Å². The third kappa shape index (κ3) is 4.64. The van der Waals surface area contributed by atoms with Crippen LogP contribution in [0.25, 0.3) is 22.4 Å². The summed E-state index contributed by atoms with van der Waals surface area (Å²) in [6.07, 6.45) is 7.85. The van der Waals surface area contributed by atoms with E-state index in [4.69, 9.17) is 9.47 Å². The lowest BCUT2D eigenvalue weighted by molar-refractivity contribution is 0.0000874. The number of hydrogen-bond acceptors (Lipinski definition) is 9. The second kappa shape index (κ2) is 9.59. The highest BCUT2D eigenvalue weighted by atomic mass is 19.1. The number of hydrogen-bond donors (Lipinski definition) is 2. The largest absolute Gasteiger partial charge is 0.507 e. The number of methoxy groups -OCH3 is 2. The Labute approximate surface area is 227 Å². The molecule has 0 radical (unpaired) electrons. The molecule has 6 rings (SSSR count). The molecule has 3 aliphatic rings. The monoisotopic (exact) mass is 534 g/mol. The van der Waals surface area contributed by atoms with E-state index in [1.807, 2.05) is 13.0 Å². The van der Waals surface area contributed by atoms with Crippen molar-refractivity contribution in [2.24, 2.45) is 0 Å². The molecule has 39 heavy (non-hydrogen) atoms. The Bertz CT molecular complexity index is 1370. The average Bonchev–Trinajstić information content (AvgIpc) is 3.77. The number of nitrogens with one attached hydrogen (secondary N) is 1. The number of fused-ring (bicyclic) bond motifs is 2. The molecule has 2 saturated heterocycles. The summed E-state index contributed by atoms with van der Waals surface area (Å²) in [7, 11) is 3.08. The fourth-order valence-electron chi connectivity index (χ4n) is 6.51. The Kier molecular flexibility index (Phi) is 6.32. The van der Waals surface area contributed by atoms with Crippen LogP contribution < -0.4 is 19.7 Å². The molecule has 1 aromatic carbocycles. The molecule has 10 heteroatoms. The van der Waals surface area contributed by atoms with E-state index in [1.54, 1.807) is 37.7 Å². The molecule has 2 aromatic heterocycles. The average molecular weight is 535 g/mol. The minimum Gasteiger partial charge on any atom is -0.507 e. The Balaban J connectivity index is 1.26. The van der Waals surface area contributed by atoms with Crippen molar-refractivity contribution in [1.82, 2.24) is 25.5 Å². The van der Waals surface area contributed by atoms with Crippen LogP contribution in [0.5, 0.6) is 17.4 Å². The van der Waals surface area contributed by atoms with Gasteiger partial charge in [-0.25, -0.2) is 14.4 Å². The second-order valence-electron chi connectivity index (χ2n) is 11.6. The predicted molar refractivity (Wildman–Crippen MR) is 146 cm³/mol. The summed E-state index contributed by atoms with van der Waals surface area (Å²) in [6, 6.07) is 7.02. The summed E-state index contributed by atoms with van der Waals surface area (Å²) in [5.41, 5.74) is 1.84. The number of anilines is 1. The summed E-state index contributed by atoms with van der Waals surface area (Å²) in [5.74, 6) is 1.38. The molecule has 4 atom stereocenters. The zero-order chi connectivity index (χ0) is 27.4. The summed E-state index contributed by atoms with van der Waals surface area (Å²) < 4.78 is 26.6. The number of piperidine rings is 2. The molecule has 206 valence electrons. The fraction of sp³-hybridized carbons (Fsp3) is 0.517. The van der Waals surface area contributed by atoms with Crippen LogP contribution >= 0.6 is 0 Å². The first-order valence-electron chi connectivity index (χ1n) is 13.6. The van der Waals surface area contributed by atoms with E-state index in [2.05, 4.69) is 37.3 Å². The van der Waals surface area contributed by atoms with E-state index >= 15 is 4.39 Å². The van der Waals surface area contributed by atoms with Crippen molar-refractivity contribution in [3.05, 3.63) is 36.7 Å². The highest BCUT2D eigenvalue weighted by Crippen LogP contribution is 2.46. The topological polar surface area (TPSA) is 106 Å². The molecule has 1 aliphatic carbocycles. The Morgan fingerprint density at radius 2 is 1.85 bits per heavy atom. The number of nitrogens with zero attached hydrogens (tertiary/aromatic N) is 5. The molecule has 2 aliphatic heterocycles. The zero-order valence-corrected chi connectivity index (χ0v) is 22.8. The van der Waals surface area contributed by atoms with Crippen LogP contribution in [0.15, 0.2) is 36.7 Å². The first-order valence-corrected chi connectivity index (χ1v) is 13.6. The Morgan fingerprint density at radius 1 is 1.03 bits per heavy atom. The van der Waals surface area contributed by atoms with Gasteiger partial charge in [0.15, 0.2) is 5.75 Å². The first kappa shape index (κ1) is 25.7. The van der Waals surface area contributed by atoms with E-state index in [-0.39, 0.29) is 23.4 Å². The van der Waals surface area contributed by atoms with Gasteiger partial charge < -0.3 is 24.8 Å². The van der Waals surface area contributed by atoms with Crippen molar-refractivity contribution in [2.45, 2.75) is 81.7 Å². The predicted octanol–water partition coefficient (Wildman–Crippen LogP) is 4.69. The molecule has 9 nitrogen and oxygen atoms in total. The van der Waals surface area contributed by atoms with Crippen molar-refractivity contribution >= 4 is 5.95 Å². The maximum Gasteiger partial charge on any atom is 0.256 e. The molecule has 2 bridgehead atoms. The molecule has 0 unspecified atom stereocenters. The standard InChI is InChI=1S/C29H35FN6O3/c1-28-10-5-11-29(2,35-28)25(30)22(14-28)36(19-7-8-19)27-32-16-21(33-34-27)20-9-6-17(12-23(20)37)18-13-24(38-3)26(39-4)31-15-18/h6,9,12-13,15-16,19,22,25,35,37H,5,7-8,10-11,14H2,1-4H3/t22-,25-,28-,29+/m0/s1. The highest BCUT2D eigenvalue weighted by Gasteiger charge is 2.56. The minimum absolute atomic E-state index is 0.0426. The maximum absolute atomic E-state index is 16.0. The van der Waals surface area contributed by atoms with Gasteiger partial charge >= 0.3 is 0 Å². The van der Waals surface area contributed by atoms with Crippen LogP contribution in [0.4, 0.5) is 10.3 Å². The SMILES string of the molecule is COc1cc(-c2ccc(-c3cnc(N(C4CC4)[C@H]4C[C@]5(C)CCC[C@@](C)(N5)[C@H]4F)nn3)c(O)c2)cnc1OC. The number of rotatable bonds is 7. The Hall–Kier alpha value is -3.53. The number of pyridine rings is 1. The van der Waals surface area contributed by atoms with Crippen molar-refractivity contribution in [3.63, 3.8) is 0 Å². The van der Waals surface area contributed by atoms with E-state index in [9.17, 15) is 5.11 Å². The number of phenols is 1. The Morgan fingerprint density at radius 3 is 2.51 bits per heavy atom. The third-order valence-electron chi connectivity index (χ3n) is 8.53. The lowest BCUT2D eigenvalue weighted by atomic mass is 9.68. The van der Waals surface area contributed by atoms with Gasteiger partial charge in [0.05, 0.1) is 26.5 Å². The summed E-state index contributed by atoms with van der Waals surface area (Å²) >= 11 is 0. The normalized spacial score (nSPS) is 28.1. The van der Waals surface area contributed by atoms with Crippen LogP contribution in [-0.2, 0) is 0 Å². The van der Waals surface area contributed by atoms with Crippen LogP contribution in [-0.4, -0.2) is 68.8 Å². The number of phenolic OH excluding ortho intramolecular Hbond substituents is 1. The van der Waals surface area contributed by atoms with Gasteiger partial charge in [0.1, 0.15) is 17.6 Å². The van der Waals surface area contributed by atoms with E-state index in [0.717, 1.165) is 43.2 Å². The van der Waals surface area contributed by atoms with Crippen LogP contribution in [0, 0.1) is 0 Å². The van der Waals surface area contributed by atoms with Crippen LogP contribution in [0.3, 0.4) is 0 Å². The van der Waals surface area contributed by atoms with Crippen LogP contribution in [0.2, 0.25) is 0 Å². The molecule has 3 aromatic rings. The van der Waals surface area contributed by atoms with Crippen molar-refractivity contribution in [3.8, 4) is 39.8 Å². The van der Waals surface area contributed by atoms with E-state index < -0.39 is 11.7 Å². The fourth-order valence-corrected chi connectivity index (χ4v) is 6.51. The lowest BCUT2D eigenvalue weighted by Crippen LogP contribution is -2.73. The summed E-state index contributed by atoms with van der Waals surface area (Å²) in [5, 5.41) is 23.3. The van der Waals surface area contributed by atoms with Gasteiger partial charge in [-0.3, -0.25) is 0 Å². The molecule has 0 amide bonds. The quantitative estimate of drug-likeness (QED) is 0.446. The molecule has 2 N–H and O–H groups in total. The number of alkyl halides is 1. The van der Waals surface area contributed by atoms with Gasteiger partial charge in [-0.1, -0.05) is 6.07 Å². The number of benzene rings is 1. The molecule has 0 spiro atoms. The highest BCUT2D eigenvalue weighted by molar-refractivity contribution is 5.74. The molecule has 1 saturated carbocycles. The third-order valence-corrected chi connectivity index (χ3v) is 8.53. The number of halogens is 1. The first-order chi connectivity index (χ1) is 18.7. The number of aromatic nitrogens is 4. The van der Waals surface area contributed by atoms with Gasteiger partial charge in [0.25, 0.3) is 5.88 Å². The summed E-state index contributed by atoms with van der Waals surface area (Å²) in [4.78, 5) is 11.0. The summed E-state index contributed by atoms with van der Waals surface area (Å²) in [6.45, 7) is 4.22. The van der Waals surface area contributed by atoms with Gasteiger partial charge in [-0.2, -0.15) is 0 Å². The lowest BCUT2D eigenvalue weighted by Gasteiger charge is -2.57. The molecule has 3 fully saturated rings. The number of ether oxygens (including phenoxy) is 2. The number of aromatic hydroxyl groups is 1. The van der Waals surface area contributed by atoms with Gasteiger partial charge in [-0.15, -0.1) is 10.2 Å². The minimum atomic E-state index is -1.03. The van der Waals surface area contributed by atoms with Crippen molar-refractivity contribution in [1.29, 1.82) is 0 Å². The molecular weight excluding hydrogens is 499 g/mol. The maximum atomic E-state index is 16.0. The molecule has 4 heterocycles. The zero-order valence-electron chi connectivity index (χ0n) is 22.8. The van der Waals surface area contributed by atoms with Gasteiger partial charge in [-0.05, 0) is 76.1 Å². The second-order valence-corrected chi connectivity index (χ2v) is 11.6. The van der Waals surface area contributed by atoms with Crippen molar-refractivity contribution < 1.29 is 19.0 Å².